The molecule has 1 aromatic rings. The fourth-order valence-corrected chi connectivity index (χ4v) is 6.17. The number of fused-ring (bicyclic) bond motifs is 1. The molecule has 5 amide bonds. The first-order chi connectivity index (χ1) is 18.8. The summed E-state index contributed by atoms with van der Waals surface area (Å²) < 4.78 is 0. The normalized spacial score (nSPS) is 21.3. The maximum absolute atomic E-state index is 12.9. The van der Waals surface area contributed by atoms with Crippen molar-refractivity contribution >= 4 is 41.5 Å². The summed E-state index contributed by atoms with van der Waals surface area (Å²) in [4.78, 5) is 67.6. The number of carboxylic acid groups (broad SMARTS) is 1. The highest BCUT2D eigenvalue weighted by Gasteiger charge is 2.42. The van der Waals surface area contributed by atoms with Gasteiger partial charge in [-0.2, -0.15) is 11.8 Å². The topological polar surface area (TPSA) is 220 Å². The number of rotatable bonds is 17. The van der Waals surface area contributed by atoms with E-state index in [9.17, 15) is 29.1 Å². The van der Waals surface area contributed by atoms with E-state index in [0.29, 0.717) is 36.8 Å². The number of urea groups is 1. The summed E-state index contributed by atoms with van der Waals surface area (Å²) in [6.45, 7) is 0.101. The van der Waals surface area contributed by atoms with Crippen molar-refractivity contribution in [1.29, 1.82) is 0 Å². The Morgan fingerprint density at radius 2 is 1.92 bits per heavy atom. The van der Waals surface area contributed by atoms with Crippen LogP contribution >= 0.6 is 11.8 Å². The summed E-state index contributed by atoms with van der Waals surface area (Å²) in [6.07, 6.45) is 7.03. The molecule has 2 aliphatic rings. The minimum atomic E-state index is -1.17. The van der Waals surface area contributed by atoms with E-state index in [-0.39, 0.29) is 49.8 Å². The molecular formula is C24H38N8O6S. The molecule has 2 aliphatic heterocycles. The van der Waals surface area contributed by atoms with Crippen molar-refractivity contribution < 1.29 is 29.1 Å². The van der Waals surface area contributed by atoms with Crippen molar-refractivity contribution in [2.24, 2.45) is 5.73 Å². The molecule has 2 fully saturated rings. The van der Waals surface area contributed by atoms with Gasteiger partial charge in [0.1, 0.15) is 12.1 Å². The van der Waals surface area contributed by atoms with Gasteiger partial charge in [-0.05, 0) is 38.6 Å². The van der Waals surface area contributed by atoms with Gasteiger partial charge < -0.3 is 42.4 Å². The Morgan fingerprint density at radius 1 is 1.10 bits per heavy atom. The molecule has 0 aromatic carbocycles. The zero-order valence-corrected chi connectivity index (χ0v) is 22.6. The molecule has 0 radical (unpaired) electrons. The summed E-state index contributed by atoms with van der Waals surface area (Å²) in [5, 5.41) is 23.3. The molecule has 0 unspecified atom stereocenters. The van der Waals surface area contributed by atoms with Gasteiger partial charge in [0.15, 0.2) is 0 Å². The van der Waals surface area contributed by atoms with Gasteiger partial charge in [0.25, 0.3) is 0 Å². The van der Waals surface area contributed by atoms with Gasteiger partial charge in [-0.25, -0.2) is 14.6 Å². The lowest BCUT2D eigenvalue weighted by atomic mass is 10.0. The van der Waals surface area contributed by atoms with Crippen molar-refractivity contribution in [3.05, 3.63) is 18.2 Å². The van der Waals surface area contributed by atoms with Crippen LogP contribution in [0.5, 0.6) is 0 Å². The van der Waals surface area contributed by atoms with Crippen molar-refractivity contribution in [2.45, 2.75) is 80.8 Å². The number of nitrogens with zero attached hydrogens (tertiary/aromatic N) is 1. The van der Waals surface area contributed by atoms with Gasteiger partial charge in [-0.1, -0.05) is 6.42 Å². The fourth-order valence-electron chi connectivity index (χ4n) is 4.63. The fraction of sp³-hybridized carbons (Fsp3) is 0.667. The van der Waals surface area contributed by atoms with E-state index in [4.69, 9.17) is 5.73 Å². The summed E-state index contributed by atoms with van der Waals surface area (Å²) in [5.74, 6) is -1.80. The molecule has 0 spiro atoms. The van der Waals surface area contributed by atoms with E-state index in [1.165, 1.54) is 6.33 Å². The van der Waals surface area contributed by atoms with Crippen LogP contribution in [-0.4, -0.2) is 93.1 Å². The van der Waals surface area contributed by atoms with Gasteiger partial charge >= 0.3 is 12.0 Å². The number of hydrogen-bond donors (Lipinski definition) is 8. The number of thioether (sulfide) groups is 1. The molecule has 15 heteroatoms. The molecule has 0 aliphatic carbocycles. The van der Waals surface area contributed by atoms with E-state index in [2.05, 4.69) is 36.6 Å². The van der Waals surface area contributed by atoms with Gasteiger partial charge in [0, 0.05) is 30.0 Å². The molecular weight excluding hydrogens is 528 g/mol. The number of unbranched alkanes of at least 4 members (excludes halogenated alkanes) is 2. The number of nitrogens with one attached hydrogen (secondary N) is 6. The summed E-state index contributed by atoms with van der Waals surface area (Å²) >= 11 is 1.82. The second-order valence-corrected chi connectivity index (χ2v) is 11.0. The third kappa shape index (κ3) is 9.73. The maximum Gasteiger partial charge on any atom is 0.326 e. The van der Waals surface area contributed by atoms with Crippen LogP contribution in [0, 0.1) is 0 Å². The first-order valence-electron chi connectivity index (χ1n) is 13.2. The van der Waals surface area contributed by atoms with Crippen LogP contribution in [-0.2, 0) is 25.6 Å². The number of amides is 5. The largest absolute Gasteiger partial charge is 0.480 e. The molecule has 14 nitrogen and oxygen atoms in total. The third-order valence-corrected chi connectivity index (χ3v) is 8.22. The van der Waals surface area contributed by atoms with Crippen LogP contribution in [0.15, 0.2) is 12.5 Å². The third-order valence-electron chi connectivity index (χ3n) is 6.71. The maximum atomic E-state index is 12.9. The van der Waals surface area contributed by atoms with Crippen molar-refractivity contribution in [3.63, 3.8) is 0 Å². The van der Waals surface area contributed by atoms with Crippen LogP contribution in [0.2, 0.25) is 0 Å². The zero-order valence-electron chi connectivity index (χ0n) is 21.7. The molecule has 3 rings (SSSR count). The number of H-pyrrole nitrogens is 1. The van der Waals surface area contributed by atoms with Gasteiger partial charge in [0.05, 0.1) is 30.6 Å². The average molecular weight is 567 g/mol. The van der Waals surface area contributed by atoms with E-state index >= 15 is 0 Å². The van der Waals surface area contributed by atoms with E-state index < -0.39 is 29.9 Å². The Balaban J connectivity index is 1.40. The average Bonchev–Trinajstić information content (AvgIpc) is 3.63. The lowest BCUT2D eigenvalue weighted by molar-refractivity contribution is -0.142. The highest BCUT2D eigenvalue weighted by molar-refractivity contribution is 8.00. The molecule has 3 heterocycles. The molecule has 5 atom stereocenters. The number of aromatic amines is 1. The number of nitrogens with two attached hydrogens (primary N) is 1. The van der Waals surface area contributed by atoms with E-state index in [0.717, 1.165) is 18.6 Å². The van der Waals surface area contributed by atoms with Crippen molar-refractivity contribution in [3.8, 4) is 0 Å². The minimum Gasteiger partial charge on any atom is -0.480 e. The lowest BCUT2D eigenvalue weighted by Gasteiger charge is -2.21. The number of carbonyl (C=O) groups is 5. The summed E-state index contributed by atoms with van der Waals surface area (Å²) in [5.41, 5.74) is 5.97. The number of carboxylic acids is 1. The van der Waals surface area contributed by atoms with Crippen LogP contribution in [0.4, 0.5) is 4.79 Å². The Labute approximate surface area is 230 Å². The van der Waals surface area contributed by atoms with Crippen LogP contribution in [0.25, 0.3) is 0 Å². The Hall–Kier alpha value is -3.33. The Morgan fingerprint density at radius 3 is 2.64 bits per heavy atom. The van der Waals surface area contributed by atoms with Gasteiger partial charge in [-0.3, -0.25) is 14.4 Å². The molecule has 39 heavy (non-hydrogen) atoms. The predicted octanol–water partition coefficient (Wildman–Crippen LogP) is -1.02. The quantitative estimate of drug-likeness (QED) is 0.0852. The molecule has 0 bridgehead atoms. The van der Waals surface area contributed by atoms with Gasteiger partial charge in [-0.15, -0.1) is 0 Å². The molecule has 0 saturated carbocycles. The predicted molar refractivity (Wildman–Crippen MR) is 144 cm³/mol. The SMILES string of the molecule is NCCCC[C@H](NC(=O)[C@H](Cc1c[nH]cn1)NC(=O)CNC(=O)CCCC[C@@H]1SC[C@@H]2NC(=O)N[C@@H]21)C(=O)O. The zero-order chi connectivity index (χ0) is 28.2. The monoisotopic (exact) mass is 566 g/mol. The van der Waals surface area contributed by atoms with Crippen LogP contribution in [0.3, 0.4) is 0 Å². The molecule has 216 valence electrons. The van der Waals surface area contributed by atoms with Crippen molar-refractivity contribution in [1.82, 2.24) is 36.6 Å². The van der Waals surface area contributed by atoms with Crippen LogP contribution < -0.4 is 32.3 Å². The number of carbonyl (C=O) groups excluding carboxylic acids is 4. The van der Waals surface area contributed by atoms with Crippen molar-refractivity contribution in [2.75, 3.05) is 18.8 Å². The number of aliphatic carboxylic acids is 1. The second kappa shape index (κ2) is 15.3. The Kier molecular flexibility index (Phi) is 11.9. The number of aromatic nitrogens is 2. The standard InChI is InChI=1S/C24H38N8O6S/c25-8-4-3-5-15(23(36)37)30-22(35)16(9-14-10-26-13-28-14)29-20(34)11-27-19(33)7-2-1-6-18-21-17(12-39-18)31-24(38)32-21/h10,13,15-18,21H,1-9,11-12,25H2,(H,26,28)(H,27,33)(H,29,34)(H,30,35)(H,36,37)(H2,31,32,38)/t15-,16-,17-,18-,21-/m0/s1. The highest BCUT2D eigenvalue weighted by Crippen LogP contribution is 2.33. The Bertz CT molecular complexity index is 993. The highest BCUT2D eigenvalue weighted by atomic mass is 32.2. The number of imidazole rings is 1. The summed E-state index contributed by atoms with van der Waals surface area (Å²) in [6, 6.07) is -2.02. The van der Waals surface area contributed by atoms with Crippen LogP contribution in [0.1, 0.15) is 50.6 Å². The van der Waals surface area contributed by atoms with Gasteiger partial charge in [0.2, 0.25) is 17.7 Å². The first-order valence-corrected chi connectivity index (χ1v) is 14.3. The summed E-state index contributed by atoms with van der Waals surface area (Å²) in [7, 11) is 0. The van der Waals surface area contributed by atoms with E-state index in [1.807, 2.05) is 11.8 Å². The lowest BCUT2D eigenvalue weighted by Crippen LogP contribution is -2.54. The molecule has 2 saturated heterocycles. The molecule has 9 N–H and O–H groups in total. The van der Waals surface area contributed by atoms with E-state index in [1.54, 1.807) is 6.20 Å². The number of hydrogen-bond acceptors (Lipinski definition) is 8. The first kappa shape index (κ1) is 30.2. The molecule has 1 aromatic heterocycles. The smallest absolute Gasteiger partial charge is 0.326 e. The second-order valence-electron chi connectivity index (χ2n) is 9.71. The minimum absolute atomic E-state index is 0.0428.